The van der Waals surface area contributed by atoms with Crippen LogP contribution in [0.1, 0.15) is 68.9 Å². The predicted molar refractivity (Wildman–Crippen MR) is 152 cm³/mol. The molecular weight excluding hydrogens is 456 g/mol. The van der Waals surface area contributed by atoms with Crippen molar-refractivity contribution in [2.24, 2.45) is 0 Å². The highest BCUT2D eigenvalue weighted by Gasteiger charge is 2.30. The third-order valence-corrected chi connectivity index (χ3v) is 6.75. The van der Waals surface area contributed by atoms with Crippen LogP contribution >= 0.6 is 0 Å². The molecule has 1 atom stereocenters. The van der Waals surface area contributed by atoms with Gasteiger partial charge in [-0.3, -0.25) is 9.59 Å². The first kappa shape index (κ1) is 28.2. The summed E-state index contributed by atoms with van der Waals surface area (Å²) in [6, 6.07) is 26.0. The fraction of sp³-hybridized carbons (Fsp3) is 0.394. The summed E-state index contributed by atoms with van der Waals surface area (Å²) in [6.45, 7) is 12.9. The molecule has 3 rings (SSSR count). The molecule has 3 aromatic rings. The van der Waals surface area contributed by atoms with E-state index >= 15 is 0 Å². The van der Waals surface area contributed by atoms with Crippen LogP contribution in [0.3, 0.4) is 0 Å². The lowest BCUT2D eigenvalue weighted by molar-refractivity contribution is -0.141. The van der Waals surface area contributed by atoms with Gasteiger partial charge in [-0.05, 0) is 60.4 Å². The summed E-state index contributed by atoms with van der Waals surface area (Å²) in [5.74, 6) is -0.127. The molecule has 4 nitrogen and oxygen atoms in total. The van der Waals surface area contributed by atoms with Crippen LogP contribution in [0.15, 0.2) is 78.9 Å². The standard InChI is InChI=1S/C33H42N2O2/c1-24(2)34-32(37)30(22-27-13-8-7-9-14-27)35(23-28-15-11-10-12-25(28)3)31(36)21-18-26-16-19-29(20-17-26)33(4,5)6/h7-17,19-20,24,30H,18,21-23H2,1-6H3,(H,34,37). The van der Waals surface area contributed by atoms with Crippen LogP contribution in [0.5, 0.6) is 0 Å². The molecule has 0 spiro atoms. The SMILES string of the molecule is Cc1ccccc1CN(C(=O)CCc1ccc(C(C)(C)C)cc1)C(Cc1ccccc1)C(=O)NC(C)C. The minimum absolute atomic E-state index is 0.0111. The van der Waals surface area contributed by atoms with Gasteiger partial charge in [-0.15, -0.1) is 0 Å². The van der Waals surface area contributed by atoms with Crippen LogP contribution < -0.4 is 5.32 Å². The summed E-state index contributed by atoms with van der Waals surface area (Å²) in [5.41, 5.74) is 5.70. The van der Waals surface area contributed by atoms with E-state index in [-0.39, 0.29) is 23.3 Å². The fourth-order valence-corrected chi connectivity index (χ4v) is 4.47. The fourth-order valence-electron chi connectivity index (χ4n) is 4.47. The summed E-state index contributed by atoms with van der Waals surface area (Å²) < 4.78 is 0. The third kappa shape index (κ3) is 8.31. The van der Waals surface area contributed by atoms with Crippen molar-refractivity contribution < 1.29 is 9.59 Å². The van der Waals surface area contributed by atoms with E-state index in [1.165, 1.54) is 5.56 Å². The van der Waals surface area contributed by atoms with Crippen LogP contribution in [0.4, 0.5) is 0 Å². The molecular formula is C33H42N2O2. The molecule has 0 aliphatic carbocycles. The average Bonchev–Trinajstić information content (AvgIpc) is 2.85. The Kier molecular flexibility index (Phi) is 9.68. The molecule has 4 heteroatoms. The zero-order valence-corrected chi connectivity index (χ0v) is 23.3. The van der Waals surface area contributed by atoms with Crippen molar-refractivity contribution in [2.75, 3.05) is 0 Å². The Balaban J connectivity index is 1.89. The minimum atomic E-state index is -0.597. The molecule has 0 aliphatic rings. The summed E-state index contributed by atoms with van der Waals surface area (Å²) in [5, 5.41) is 3.06. The lowest BCUT2D eigenvalue weighted by Crippen LogP contribution is -2.51. The van der Waals surface area contributed by atoms with E-state index in [2.05, 4.69) is 63.3 Å². The monoisotopic (exact) mass is 498 g/mol. The number of nitrogens with zero attached hydrogens (tertiary/aromatic N) is 1. The normalized spacial score (nSPS) is 12.3. The van der Waals surface area contributed by atoms with Crippen molar-refractivity contribution in [1.82, 2.24) is 10.2 Å². The summed E-state index contributed by atoms with van der Waals surface area (Å²) >= 11 is 0. The van der Waals surface area contributed by atoms with E-state index in [9.17, 15) is 9.59 Å². The Labute approximate surface area is 223 Å². The molecule has 0 fully saturated rings. The molecule has 0 saturated carbocycles. The number of aryl methyl sites for hydroxylation is 2. The molecule has 196 valence electrons. The molecule has 2 amide bonds. The lowest BCUT2D eigenvalue weighted by Gasteiger charge is -2.32. The van der Waals surface area contributed by atoms with Crippen molar-refractivity contribution in [2.45, 2.75) is 84.8 Å². The molecule has 0 bridgehead atoms. The van der Waals surface area contributed by atoms with Crippen molar-refractivity contribution in [3.8, 4) is 0 Å². The molecule has 1 unspecified atom stereocenters. The number of amides is 2. The third-order valence-electron chi connectivity index (χ3n) is 6.75. The minimum Gasteiger partial charge on any atom is -0.352 e. The van der Waals surface area contributed by atoms with Crippen LogP contribution in [0.25, 0.3) is 0 Å². The summed E-state index contributed by atoms with van der Waals surface area (Å²) in [4.78, 5) is 29.1. The molecule has 0 saturated heterocycles. The van der Waals surface area contributed by atoms with Crippen LogP contribution in [0.2, 0.25) is 0 Å². The van der Waals surface area contributed by atoms with Crippen LogP contribution in [-0.4, -0.2) is 28.8 Å². The van der Waals surface area contributed by atoms with E-state index in [4.69, 9.17) is 0 Å². The number of hydrogen-bond acceptors (Lipinski definition) is 2. The van der Waals surface area contributed by atoms with Gasteiger partial charge in [0.05, 0.1) is 0 Å². The smallest absolute Gasteiger partial charge is 0.243 e. The maximum absolute atomic E-state index is 13.8. The molecule has 0 heterocycles. The van der Waals surface area contributed by atoms with Gasteiger partial charge in [-0.2, -0.15) is 0 Å². The number of carbonyl (C=O) groups is 2. The highest BCUT2D eigenvalue weighted by Crippen LogP contribution is 2.23. The van der Waals surface area contributed by atoms with Crippen molar-refractivity contribution in [3.05, 3.63) is 107 Å². The number of hydrogen-bond donors (Lipinski definition) is 1. The molecule has 0 aromatic heterocycles. The van der Waals surface area contributed by atoms with E-state index < -0.39 is 6.04 Å². The topological polar surface area (TPSA) is 49.4 Å². The first-order valence-corrected chi connectivity index (χ1v) is 13.3. The van der Waals surface area contributed by atoms with Gasteiger partial charge >= 0.3 is 0 Å². The Bertz CT molecular complexity index is 1160. The second-order valence-corrected chi connectivity index (χ2v) is 11.3. The predicted octanol–water partition coefficient (Wildman–Crippen LogP) is 6.39. The Morgan fingerprint density at radius 2 is 1.46 bits per heavy atom. The van der Waals surface area contributed by atoms with Gasteiger partial charge in [-0.1, -0.05) is 99.6 Å². The first-order chi connectivity index (χ1) is 17.5. The molecule has 37 heavy (non-hydrogen) atoms. The molecule has 3 aromatic carbocycles. The number of nitrogens with one attached hydrogen (secondary N) is 1. The van der Waals surface area contributed by atoms with Crippen molar-refractivity contribution >= 4 is 11.8 Å². The zero-order chi connectivity index (χ0) is 27.0. The highest BCUT2D eigenvalue weighted by molar-refractivity contribution is 5.88. The van der Waals surface area contributed by atoms with E-state index in [1.807, 2.05) is 62.4 Å². The van der Waals surface area contributed by atoms with Gasteiger partial charge in [-0.25, -0.2) is 0 Å². The Morgan fingerprint density at radius 1 is 0.838 bits per heavy atom. The Hall–Kier alpha value is -3.40. The molecule has 1 N–H and O–H groups in total. The van der Waals surface area contributed by atoms with Gasteiger partial charge in [0.1, 0.15) is 6.04 Å². The van der Waals surface area contributed by atoms with Crippen LogP contribution in [-0.2, 0) is 34.4 Å². The Morgan fingerprint density at radius 3 is 2.05 bits per heavy atom. The molecule has 0 radical (unpaired) electrons. The van der Waals surface area contributed by atoms with Gasteiger partial charge in [0, 0.05) is 25.4 Å². The lowest BCUT2D eigenvalue weighted by atomic mass is 9.86. The number of benzene rings is 3. The second kappa shape index (κ2) is 12.7. The summed E-state index contributed by atoms with van der Waals surface area (Å²) in [6.07, 6.45) is 1.45. The second-order valence-electron chi connectivity index (χ2n) is 11.3. The van der Waals surface area contributed by atoms with Gasteiger partial charge in [0.2, 0.25) is 11.8 Å². The number of rotatable bonds is 10. The van der Waals surface area contributed by atoms with E-state index in [1.54, 1.807) is 4.90 Å². The van der Waals surface area contributed by atoms with Gasteiger partial charge in [0.25, 0.3) is 0 Å². The van der Waals surface area contributed by atoms with Gasteiger partial charge < -0.3 is 10.2 Å². The zero-order valence-electron chi connectivity index (χ0n) is 23.3. The molecule has 0 aliphatic heterocycles. The van der Waals surface area contributed by atoms with Crippen LogP contribution in [0, 0.1) is 6.92 Å². The first-order valence-electron chi connectivity index (χ1n) is 13.3. The van der Waals surface area contributed by atoms with E-state index in [0.29, 0.717) is 25.8 Å². The largest absolute Gasteiger partial charge is 0.352 e. The maximum Gasteiger partial charge on any atom is 0.243 e. The average molecular weight is 499 g/mol. The maximum atomic E-state index is 13.8. The van der Waals surface area contributed by atoms with Crippen molar-refractivity contribution in [3.63, 3.8) is 0 Å². The van der Waals surface area contributed by atoms with E-state index in [0.717, 1.165) is 22.3 Å². The quantitative estimate of drug-likeness (QED) is 0.352. The van der Waals surface area contributed by atoms with Crippen molar-refractivity contribution in [1.29, 1.82) is 0 Å². The number of carbonyl (C=O) groups excluding carboxylic acids is 2. The van der Waals surface area contributed by atoms with Gasteiger partial charge in [0.15, 0.2) is 0 Å². The summed E-state index contributed by atoms with van der Waals surface area (Å²) in [7, 11) is 0. The highest BCUT2D eigenvalue weighted by atomic mass is 16.2.